The number of rotatable bonds is 6. The quantitative estimate of drug-likeness (QED) is 0.752. The molecule has 2 rings (SSSR count). The average molecular weight is 290 g/mol. The second-order valence-corrected chi connectivity index (χ2v) is 5.95. The number of amides is 2. The van der Waals surface area contributed by atoms with Gasteiger partial charge in [-0.3, -0.25) is 0 Å². The molecule has 0 aromatic heterocycles. The summed E-state index contributed by atoms with van der Waals surface area (Å²) in [6.45, 7) is 4.17. The van der Waals surface area contributed by atoms with Gasteiger partial charge in [0.05, 0.1) is 0 Å². The van der Waals surface area contributed by atoms with Crippen molar-refractivity contribution in [1.82, 2.24) is 10.6 Å². The number of nitrogens with one attached hydrogen (secondary N) is 2. The standard InChI is InChI=1S/C16H22N2O3/c1-11(12-8-9-12)10-17-15(21)18-16(2,14(19)20)13-6-4-3-5-7-13/h3-7,11-12H,8-10H2,1-2H3,(H,19,20)(H2,17,18,21). The first-order chi connectivity index (χ1) is 9.93. The molecule has 0 aliphatic heterocycles. The van der Waals surface area contributed by atoms with E-state index in [9.17, 15) is 14.7 Å². The van der Waals surface area contributed by atoms with Crippen LogP contribution in [0, 0.1) is 11.8 Å². The van der Waals surface area contributed by atoms with Crippen molar-refractivity contribution in [2.75, 3.05) is 6.54 Å². The first kappa shape index (κ1) is 15.4. The van der Waals surface area contributed by atoms with E-state index in [0.29, 0.717) is 23.9 Å². The molecule has 114 valence electrons. The number of hydrogen-bond acceptors (Lipinski definition) is 2. The molecular formula is C16H22N2O3. The zero-order valence-electron chi connectivity index (χ0n) is 12.4. The first-order valence-corrected chi connectivity index (χ1v) is 7.28. The zero-order valence-corrected chi connectivity index (χ0v) is 12.4. The SMILES string of the molecule is CC(CNC(=O)NC(C)(C(=O)O)c1ccccc1)C1CC1. The summed E-state index contributed by atoms with van der Waals surface area (Å²) in [4.78, 5) is 23.6. The molecule has 1 fully saturated rings. The summed E-state index contributed by atoms with van der Waals surface area (Å²) in [6.07, 6.45) is 2.45. The fourth-order valence-electron chi connectivity index (χ4n) is 2.38. The van der Waals surface area contributed by atoms with Crippen molar-refractivity contribution in [2.24, 2.45) is 11.8 Å². The van der Waals surface area contributed by atoms with Gasteiger partial charge in [0.25, 0.3) is 0 Å². The Morgan fingerprint density at radius 3 is 2.48 bits per heavy atom. The van der Waals surface area contributed by atoms with Crippen LogP contribution in [0.1, 0.15) is 32.3 Å². The van der Waals surface area contributed by atoms with E-state index in [-0.39, 0.29) is 0 Å². The number of benzene rings is 1. The van der Waals surface area contributed by atoms with Crippen LogP contribution in [0.4, 0.5) is 4.79 Å². The van der Waals surface area contributed by atoms with E-state index in [1.54, 1.807) is 24.3 Å². The van der Waals surface area contributed by atoms with Crippen LogP contribution in [0.15, 0.2) is 30.3 Å². The maximum Gasteiger partial charge on any atom is 0.333 e. The monoisotopic (exact) mass is 290 g/mol. The minimum Gasteiger partial charge on any atom is -0.479 e. The smallest absolute Gasteiger partial charge is 0.333 e. The number of carbonyl (C=O) groups is 2. The molecule has 21 heavy (non-hydrogen) atoms. The second kappa shape index (κ2) is 6.16. The molecule has 2 atom stereocenters. The minimum atomic E-state index is -1.44. The number of hydrogen-bond donors (Lipinski definition) is 3. The van der Waals surface area contributed by atoms with Crippen LogP contribution < -0.4 is 10.6 Å². The highest BCUT2D eigenvalue weighted by Gasteiger charge is 2.37. The Bertz CT molecular complexity index is 514. The van der Waals surface area contributed by atoms with Crippen LogP contribution in [0.3, 0.4) is 0 Å². The third kappa shape index (κ3) is 3.74. The average Bonchev–Trinajstić information content (AvgIpc) is 3.30. The maximum atomic E-state index is 12.0. The van der Waals surface area contributed by atoms with Crippen molar-refractivity contribution in [2.45, 2.75) is 32.2 Å². The van der Waals surface area contributed by atoms with Gasteiger partial charge in [-0.25, -0.2) is 9.59 Å². The van der Waals surface area contributed by atoms with Gasteiger partial charge in [0.2, 0.25) is 0 Å². The highest BCUT2D eigenvalue weighted by atomic mass is 16.4. The van der Waals surface area contributed by atoms with Gasteiger partial charge in [-0.1, -0.05) is 37.3 Å². The van der Waals surface area contributed by atoms with E-state index in [1.807, 2.05) is 6.07 Å². The zero-order chi connectivity index (χ0) is 15.5. The molecule has 1 aliphatic carbocycles. The topological polar surface area (TPSA) is 78.4 Å². The lowest BCUT2D eigenvalue weighted by atomic mass is 9.92. The van der Waals surface area contributed by atoms with E-state index in [0.717, 1.165) is 0 Å². The van der Waals surface area contributed by atoms with E-state index >= 15 is 0 Å². The predicted octanol–water partition coefficient (Wildman–Crippen LogP) is 2.33. The van der Waals surface area contributed by atoms with Crippen molar-refractivity contribution in [1.29, 1.82) is 0 Å². The molecular weight excluding hydrogens is 268 g/mol. The second-order valence-electron chi connectivity index (χ2n) is 5.95. The van der Waals surface area contributed by atoms with E-state index < -0.39 is 17.5 Å². The fourth-order valence-corrected chi connectivity index (χ4v) is 2.38. The number of carboxylic acid groups (broad SMARTS) is 1. The van der Waals surface area contributed by atoms with Crippen LogP contribution in [-0.4, -0.2) is 23.7 Å². The number of urea groups is 1. The molecule has 3 N–H and O–H groups in total. The summed E-state index contributed by atoms with van der Waals surface area (Å²) in [7, 11) is 0. The Morgan fingerprint density at radius 1 is 1.33 bits per heavy atom. The van der Waals surface area contributed by atoms with Gasteiger partial charge >= 0.3 is 12.0 Å². The van der Waals surface area contributed by atoms with Gasteiger partial charge in [-0.2, -0.15) is 0 Å². The summed E-state index contributed by atoms with van der Waals surface area (Å²) in [5.41, 5.74) is -0.892. The minimum absolute atomic E-state index is 0.434. The van der Waals surface area contributed by atoms with Crippen molar-refractivity contribution in [3.05, 3.63) is 35.9 Å². The molecule has 2 amide bonds. The van der Waals surface area contributed by atoms with Crippen LogP contribution in [0.2, 0.25) is 0 Å². The van der Waals surface area contributed by atoms with Gasteiger partial charge in [-0.15, -0.1) is 0 Å². The number of carbonyl (C=O) groups excluding carboxylic acids is 1. The van der Waals surface area contributed by atoms with Crippen molar-refractivity contribution < 1.29 is 14.7 Å². The van der Waals surface area contributed by atoms with Gasteiger partial charge in [-0.05, 0) is 37.2 Å². The Kier molecular flexibility index (Phi) is 4.50. The molecule has 1 aromatic rings. The van der Waals surface area contributed by atoms with Crippen molar-refractivity contribution >= 4 is 12.0 Å². The highest BCUT2D eigenvalue weighted by molar-refractivity contribution is 5.87. The molecule has 0 radical (unpaired) electrons. The largest absolute Gasteiger partial charge is 0.479 e. The molecule has 0 bridgehead atoms. The Morgan fingerprint density at radius 2 is 1.95 bits per heavy atom. The van der Waals surface area contributed by atoms with Crippen LogP contribution in [-0.2, 0) is 10.3 Å². The normalized spacial score (nSPS) is 18.4. The van der Waals surface area contributed by atoms with E-state index in [1.165, 1.54) is 19.8 Å². The van der Waals surface area contributed by atoms with Crippen molar-refractivity contribution in [3.63, 3.8) is 0 Å². The lowest BCUT2D eigenvalue weighted by molar-refractivity contribution is -0.144. The Balaban J connectivity index is 1.99. The Labute approximate surface area is 124 Å². The fraction of sp³-hybridized carbons (Fsp3) is 0.500. The summed E-state index contributed by atoms with van der Waals surface area (Å²) < 4.78 is 0. The number of aliphatic carboxylic acids is 1. The third-order valence-electron chi connectivity index (χ3n) is 4.15. The summed E-state index contributed by atoms with van der Waals surface area (Å²) in [5, 5.41) is 14.8. The molecule has 5 nitrogen and oxygen atoms in total. The summed E-state index contributed by atoms with van der Waals surface area (Å²) >= 11 is 0. The van der Waals surface area contributed by atoms with Gasteiger partial charge in [0, 0.05) is 6.54 Å². The van der Waals surface area contributed by atoms with Crippen LogP contribution in [0.5, 0.6) is 0 Å². The molecule has 0 saturated heterocycles. The van der Waals surface area contributed by atoms with E-state index in [2.05, 4.69) is 17.6 Å². The summed E-state index contributed by atoms with van der Waals surface area (Å²) in [6, 6.07) is 8.26. The molecule has 2 unspecified atom stereocenters. The predicted molar refractivity (Wildman–Crippen MR) is 79.9 cm³/mol. The lowest BCUT2D eigenvalue weighted by Crippen LogP contribution is -2.53. The summed E-state index contributed by atoms with van der Waals surface area (Å²) in [5.74, 6) is 0.0490. The third-order valence-corrected chi connectivity index (χ3v) is 4.15. The molecule has 5 heteroatoms. The van der Waals surface area contributed by atoms with Gasteiger partial charge in [0.1, 0.15) is 0 Å². The molecule has 1 aliphatic rings. The molecule has 0 heterocycles. The highest BCUT2D eigenvalue weighted by Crippen LogP contribution is 2.36. The van der Waals surface area contributed by atoms with Crippen LogP contribution >= 0.6 is 0 Å². The molecule has 0 spiro atoms. The maximum absolute atomic E-state index is 12.0. The number of carboxylic acids is 1. The lowest BCUT2D eigenvalue weighted by Gasteiger charge is -2.27. The Hall–Kier alpha value is -2.04. The molecule has 1 saturated carbocycles. The molecule has 1 aromatic carbocycles. The van der Waals surface area contributed by atoms with Crippen molar-refractivity contribution in [3.8, 4) is 0 Å². The van der Waals surface area contributed by atoms with Crippen LogP contribution in [0.25, 0.3) is 0 Å². The van der Waals surface area contributed by atoms with E-state index in [4.69, 9.17) is 0 Å². The van der Waals surface area contributed by atoms with Gasteiger partial charge < -0.3 is 15.7 Å². The van der Waals surface area contributed by atoms with Gasteiger partial charge in [0.15, 0.2) is 5.54 Å². The first-order valence-electron chi connectivity index (χ1n) is 7.28.